The van der Waals surface area contributed by atoms with E-state index in [0.717, 1.165) is 28.6 Å². The smallest absolute Gasteiger partial charge is 0.225 e. The molecule has 0 radical (unpaired) electrons. The van der Waals surface area contributed by atoms with Crippen LogP contribution in [0.15, 0.2) is 22.7 Å². The number of rotatable bonds is 3. The standard InChI is InChI=1S/C14H17BrN2O2/c1-19-12-5-2-8(6-10(12)15)14-11(16)7-13(18)17(14)9-3-4-9/h2,5-6,9,11,14H,3-4,7,16H2,1H3. The molecule has 2 atom stereocenters. The van der Waals surface area contributed by atoms with Crippen LogP contribution in [-0.2, 0) is 4.79 Å². The van der Waals surface area contributed by atoms with Gasteiger partial charge in [0.2, 0.25) is 5.91 Å². The Bertz CT molecular complexity index is 516. The van der Waals surface area contributed by atoms with Gasteiger partial charge in [0, 0.05) is 18.5 Å². The Hall–Kier alpha value is -1.07. The number of carbonyl (C=O) groups excluding carboxylic acids is 1. The largest absolute Gasteiger partial charge is 0.496 e. The van der Waals surface area contributed by atoms with Crippen molar-refractivity contribution in [1.29, 1.82) is 0 Å². The molecular formula is C14H17BrN2O2. The number of nitrogens with zero attached hydrogens (tertiary/aromatic N) is 1. The molecule has 4 nitrogen and oxygen atoms in total. The van der Waals surface area contributed by atoms with Crippen molar-refractivity contribution in [3.8, 4) is 5.75 Å². The number of hydrogen-bond acceptors (Lipinski definition) is 3. The molecule has 0 bridgehead atoms. The molecule has 1 amide bonds. The highest BCUT2D eigenvalue weighted by atomic mass is 79.9. The number of likely N-dealkylation sites (tertiary alicyclic amines) is 1. The van der Waals surface area contributed by atoms with E-state index in [-0.39, 0.29) is 18.0 Å². The van der Waals surface area contributed by atoms with E-state index >= 15 is 0 Å². The van der Waals surface area contributed by atoms with E-state index in [1.807, 2.05) is 23.1 Å². The summed E-state index contributed by atoms with van der Waals surface area (Å²) in [5.41, 5.74) is 7.25. The van der Waals surface area contributed by atoms with Crippen molar-refractivity contribution >= 4 is 21.8 Å². The molecule has 1 saturated carbocycles. The van der Waals surface area contributed by atoms with Gasteiger partial charge in [0.05, 0.1) is 17.6 Å². The maximum Gasteiger partial charge on any atom is 0.225 e. The number of hydrogen-bond donors (Lipinski definition) is 1. The van der Waals surface area contributed by atoms with Crippen LogP contribution < -0.4 is 10.5 Å². The van der Waals surface area contributed by atoms with Gasteiger partial charge in [-0.3, -0.25) is 4.79 Å². The van der Waals surface area contributed by atoms with Crippen molar-refractivity contribution in [2.45, 2.75) is 37.4 Å². The molecule has 1 saturated heterocycles. The normalized spacial score (nSPS) is 26.9. The fraction of sp³-hybridized carbons (Fsp3) is 0.500. The summed E-state index contributed by atoms with van der Waals surface area (Å²) in [6.45, 7) is 0. The Morgan fingerprint density at radius 3 is 2.74 bits per heavy atom. The molecule has 1 aliphatic carbocycles. The van der Waals surface area contributed by atoms with Gasteiger partial charge in [-0.15, -0.1) is 0 Å². The van der Waals surface area contributed by atoms with Crippen molar-refractivity contribution in [1.82, 2.24) is 4.90 Å². The van der Waals surface area contributed by atoms with Crippen molar-refractivity contribution in [3.63, 3.8) is 0 Å². The van der Waals surface area contributed by atoms with Crippen LogP contribution in [0.2, 0.25) is 0 Å². The van der Waals surface area contributed by atoms with E-state index in [1.165, 1.54) is 0 Å². The molecular weight excluding hydrogens is 308 g/mol. The lowest BCUT2D eigenvalue weighted by atomic mass is 10.0. The lowest BCUT2D eigenvalue weighted by molar-refractivity contribution is -0.129. The van der Waals surface area contributed by atoms with Gasteiger partial charge in [-0.05, 0) is 46.5 Å². The van der Waals surface area contributed by atoms with E-state index in [9.17, 15) is 4.79 Å². The first kappa shape index (κ1) is 12.9. The number of nitrogens with two attached hydrogens (primary N) is 1. The van der Waals surface area contributed by atoms with Crippen LogP contribution in [0.3, 0.4) is 0 Å². The molecule has 19 heavy (non-hydrogen) atoms. The first-order valence-corrected chi connectivity index (χ1v) is 7.31. The zero-order valence-corrected chi connectivity index (χ0v) is 12.4. The highest BCUT2D eigenvalue weighted by Crippen LogP contribution is 2.42. The molecule has 2 unspecified atom stereocenters. The summed E-state index contributed by atoms with van der Waals surface area (Å²) < 4.78 is 6.14. The van der Waals surface area contributed by atoms with E-state index in [1.54, 1.807) is 7.11 Å². The van der Waals surface area contributed by atoms with Crippen molar-refractivity contribution in [3.05, 3.63) is 28.2 Å². The molecule has 1 heterocycles. The number of ether oxygens (including phenoxy) is 1. The second-order valence-electron chi connectivity index (χ2n) is 5.24. The fourth-order valence-electron chi connectivity index (χ4n) is 2.84. The quantitative estimate of drug-likeness (QED) is 0.927. The maximum absolute atomic E-state index is 12.1. The van der Waals surface area contributed by atoms with Crippen LogP contribution in [0.5, 0.6) is 5.75 Å². The van der Waals surface area contributed by atoms with Crippen LogP contribution in [0.4, 0.5) is 0 Å². The number of carbonyl (C=O) groups is 1. The summed E-state index contributed by atoms with van der Waals surface area (Å²) in [5, 5.41) is 0. The molecule has 1 aliphatic heterocycles. The lowest BCUT2D eigenvalue weighted by Gasteiger charge is -2.27. The first-order chi connectivity index (χ1) is 9.11. The summed E-state index contributed by atoms with van der Waals surface area (Å²) in [6.07, 6.45) is 2.66. The summed E-state index contributed by atoms with van der Waals surface area (Å²) in [6, 6.07) is 6.21. The first-order valence-electron chi connectivity index (χ1n) is 6.52. The maximum atomic E-state index is 12.1. The minimum atomic E-state index is -0.117. The average molecular weight is 325 g/mol. The highest BCUT2D eigenvalue weighted by Gasteiger charge is 2.45. The number of methoxy groups -OCH3 is 1. The number of halogens is 1. The van der Waals surface area contributed by atoms with Gasteiger partial charge in [-0.1, -0.05) is 6.07 Å². The molecule has 1 aromatic rings. The average Bonchev–Trinajstić information content (AvgIpc) is 3.15. The Labute approximate surface area is 121 Å². The Morgan fingerprint density at radius 2 is 2.16 bits per heavy atom. The van der Waals surface area contributed by atoms with Crippen LogP contribution in [0, 0.1) is 0 Å². The van der Waals surface area contributed by atoms with Crippen molar-refractivity contribution in [2.24, 2.45) is 5.73 Å². The summed E-state index contributed by atoms with van der Waals surface area (Å²) in [4.78, 5) is 14.1. The van der Waals surface area contributed by atoms with Crippen LogP contribution >= 0.6 is 15.9 Å². The second kappa shape index (κ2) is 4.80. The van der Waals surface area contributed by atoms with Crippen LogP contribution in [0.25, 0.3) is 0 Å². The van der Waals surface area contributed by atoms with Gasteiger partial charge >= 0.3 is 0 Å². The van der Waals surface area contributed by atoms with E-state index in [4.69, 9.17) is 10.5 Å². The van der Waals surface area contributed by atoms with Gasteiger partial charge in [-0.25, -0.2) is 0 Å². The minimum Gasteiger partial charge on any atom is -0.496 e. The summed E-state index contributed by atoms with van der Waals surface area (Å²) >= 11 is 3.49. The molecule has 3 rings (SSSR count). The molecule has 2 aliphatic rings. The molecule has 2 fully saturated rings. The van der Waals surface area contributed by atoms with E-state index in [2.05, 4.69) is 15.9 Å². The van der Waals surface area contributed by atoms with E-state index in [0.29, 0.717) is 12.5 Å². The Morgan fingerprint density at radius 1 is 1.42 bits per heavy atom. The fourth-order valence-corrected chi connectivity index (χ4v) is 3.40. The zero-order valence-electron chi connectivity index (χ0n) is 10.8. The van der Waals surface area contributed by atoms with Gasteiger partial charge in [0.15, 0.2) is 0 Å². The number of amides is 1. The Balaban J connectivity index is 1.95. The minimum absolute atomic E-state index is 0.00204. The predicted molar refractivity (Wildman–Crippen MR) is 75.9 cm³/mol. The summed E-state index contributed by atoms with van der Waals surface area (Å²) in [7, 11) is 1.64. The SMILES string of the molecule is COc1ccc(C2C(N)CC(=O)N2C2CC2)cc1Br. The van der Waals surface area contributed by atoms with Crippen molar-refractivity contribution in [2.75, 3.05) is 7.11 Å². The van der Waals surface area contributed by atoms with Crippen LogP contribution in [-0.4, -0.2) is 30.0 Å². The van der Waals surface area contributed by atoms with Crippen LogP contribution in [0.1, 0.15) is 30.9 Å². The zero-order chi connectivity index (χ0) is 13.6. The van der Waals surface area contributed by atoms with Gasteiger partial charge in [-0.2, -0.15) is 0 Å². The van der Waals surface area contributed by atoms with Gasteiger partial charge < -0.3 is 15.4 Å². The molecule has 102 valence electrons. The third-order valence-electron chi connectivity index (χ3n) is 3.86. The van der Waals surface area contributed by atoms with E-state index < -0.39 is 0 Å². The monoisotopic (exact) mass is 324 g/mol. The number of benzene rings is 1. The van der Waals surface area contributed by atoms with Gasteiger partial charge in [0.25, 0.3) is 0 Å². The molecule has 0 aromatic heterocycles. The third-order valence-corrected chi connectivity index (χ3v) is 4.48. The molecule has 0 spiro atoms. The lowest BCUT2D eigenvalue weighted by Crippen LogP contribution is -2.34. The molecule has 1 aromatic carbocycles. The molecule has 2 N–H and O–H groups in total. The second-order valence-corrected chi connectivity index (χ2v) is 6.09. The van der Waals surface area contributed by atoms with Gasteiger partial charge in [0.1, 0.15) is 5.75 Å². The predicted octanol–water partition coefficient (Wildman–Crippen LogP) is 2.22. The topological polar surface area (TPSA) is 55.6 Å². The molecule has 5 heteroatoms. The van der Waals surface area contributed by atoms with Crippen molar-refractivity contribution < 1.29 is 9.53 Å². The summed E-state index contributed by atoms with van der Waals surface area (Å²) in [5.74, 6) is 0.978. The highest BCUT2D eigenvalue weighted by molar-refractivity contribution is 9.10. The Kier molecular flexibility index (Phi) is 3.27. The third kappa shape index (κ3) is 2.25.